The van der Waals surface area contributed by atoms with Gasteiger partial charge in [-0.15, -0.1) is 11.8 Å². The van der Waals surface area contributed by atoms with E-state index in [1.807, 2.05) is 18.2 Å². The first-order valence-corrected chi connectivity index (χ1v) is 45.0. The molecule has 45 heteroatoms. The Labute approximate surface area is 748 Å². The van der Waals surface area contributed by atoms with Crippen molar-refractivity contribution in [2.45, 2.75) is 181 Å². The summed E-state index contributed by atoms with van der Waals surface area (Å²) in [5.74, 6) is -11.6. The Morgan fingerprint density at radius 3 is 1.63 bits per heavy atom. The fraction of sp³-hybridized carbons (Fsp3) is 0.566. The SMILES string of the molecule is COc1cc([C@@H]2c3cc4c(cc3[C@H](OC(=O)CNC(=O)CCN3C(=O)CC(SC[C@H](N)C(=O)NCCC(=O)N[C@@H](CCCNC(=N)N)C(=O)N[C@@H](CCCNC(=N)N)C(=O)N[C@@H](CCSC)C(=O)N[C@@H](CCCCN)C(=O)N[C@@H](Cc5c[nH]c6ccccc56)C(=O)N[C@@H](CCCCN)C(=O)N[C@@H](CCCCN)C(N)=O)C3=O)C3COC(=O)C32)OCO4)cc(OC)c1OC. The summed E-state index contributed by atoms with van der Waals surface area (Å²) < 4.78 is 40.0. The second-order valence-corrected chi connectivity index (χ2v) is 33.4. The molecule has 12 amide bonds. The zero-order valence-corrected chi connectivity index (χ0v) is 73.9. The van der Waals surface area contributed by atoms with E-state index in [2.05, 4.69) is 63.5 Å². The van der Waals surface area contributed by atoms with Crippen LogP contribution in [0.5, 0.6) is 28.7 Å². The second kappa shape index (κ2) is 51.2. The molecule has 2 saturated heterocycles. The van der Waals surface area contributed by atoms with Crippen molar-refractivity contribution in [1.82, 2.24) is 68.4 Å². The number of rotatable bonds is 56. The number of carbonyl (C=O) groups is 14. The molecular weight excluding hydrogens is 1710 g/mol. The number of unbranched alkanes of at least 4 members (excludes halogenated alkanes) is 3. The Balaban J connectivity index is 0.858. The third-order valence-electron chi connectivity index (χ3n) is 22.1. The number of primary amides is 1. The molecule has 128 heavy (non-hydrogen) atoms. The van der Waals surface area contributed by atoms with Crippen LogP contribution in [0.3, 0.4) is 0 Å². The number of nitrogens with two attached hydrogens (primary N) is 7. The first-order valence-electron chi connectivity index (χ1n) is 42.5. The first kappa shape index (κ1) is 101. The molecule has 0 radical (unpaired) electrons. The smallest absolute Gasteiger partial charge is 0.326 e. The fourth-order valence-corrected chi connectivity index (χ4v) is 17.0. The third kappa shape index (κ3) is 29.3. The Hall–Kier alpha value is -11.9. The number of carbonyl (C=O) groups excluding carboxylic acids is 14. The third-order valence-corrected chi connectivity index (χ3v) is 24.0. The van der Waals surface area contributed by atoms with Gasteiger partial charge < -0.3 is 137 Å². The number of fused-ring (bicyclic) bond motifs is 4. The van der Waals surface area contributed by atoms with Crippen molar-refractivity contribution in [3.05, 3.63) is 77.0 Å². The lowest BCUT2D eigenvalue weighted by molar-refractivity contribution is -0.154. The van der Waals surface area contributed by atoms with Gasteiger partial charge in [-0.25, -0.2) is 0 Å². The molecule has 4 aliphatic rings. The summed E-state index contributed by atoms with van der Waals surface area (Å²) in [6.45, 7) is -0.535. The number of aromatic amines is 1. The van der Waals surface area contributed by atoms with E-state index in [9.17, 15) is 67.1 Å². The first-order chi connectivity index (χ1) is 61.5. The van der Waals surface area contributed by atoms with Crippen LogP contribution in [-0.4, -0.2) is 263 Å². The number of hydrogen-bond acceptors (Lipinski definition) is 29. The molecule has 43 nitrogen and oxygen atoms in total. The van der Waals surface area contributed by atoms with Crippen LogP contribution in [0, 0.1) is 22.7 Å². The number of benzene rings is 3. The Kier molecular flexibility index (Phi) is 40.5. The zero-order chi connectivity index (χ0) is 93.1. The van der Waals surface area contributed by atoms with Gasteiger partial charge >= 0.3 is 11.9 Å². The van der Waals surface area contributed by atoms with Crippen LogP contribution in [0.4, 0.5) is 0 Å². The van der Waals surface area contributed by atoms with Crippen molar-refractivity contribution in [2.75, 3.05) is 105 Å². The number of nitrogens with one attached hydrogen (secondary N) is 14. The fourth-order valence-electron chi connectivity index (χ4n) is 15.4. The van der Waals surface area contributed by atoms with Gasteiger partial charge in [0.15, 0.2) is 34.9 Å². The van der Waals surface area contributed by atoms with Gasteiger partial charge in [-0.2, -0.15) is 11.8 Å². The molecule has 0 bridgehead atoms. The minimum Gasteiger partial charge on any atom is -0.493 e. The molecule has 8 rings (SSSR count). The van der Waals surface area contributed by atoms with E-state index in [-0.39, 0.29) is 135 Å². The molecule has 702 valence electrons. The lowest BCUT2D eigenvalue weighted by Gasteiger charge is -2.38. The lowest BCUT2D eigenvalue weighted by atomic mass is 9.66. The van der Waals surface area contributed by atoms with Crippen molar-refractivity contribution in [2.24, 2.45) is 52.0 Å². The molecule has 2 fully saturated rings. The van der Waals surface area contributed by atoms with E-state index in [0.29, 0.717) is 102 Å². The number of nitrogens with zero attached hydrogens (tertiary/aromatic N) is 1. The zero-order valence-electron chi connectivity index (χ0n) is 72.3. The van der Waals surface area contributed by atoms with Gasteiger partial charge in [0.05, 0.1) is 45.1 Å². The summed E-state index contributed by atoms with van der Waals surface area (Å²) in [6, 6.07) is 3.61. The molecule has 13 atom stereocenters. The highest BCUT2D eigenvalue weighted by Gasteiger charge is 2.55. The molecule has 4 heterocycles. The number of guanidine groups is 2. The van der Waals surface area contributed by atoms with Crippen LogP contribution in [0.2, 0.25) is 0 Å². The average molecular weight is 1830 g/mol. The highest BCUT2D eigenvalue weighted by molar-refractivity contribution is 8.00. The van der Waals surface area contributed by atoms with Crippen LogP contribution >= 0.6 is 23.5 Å². The number of imide groups is 1. The number of likely N-dealkylation sites (tertiary alicyclic amines) is 1. The van der Waals surface area contributed by atoms with Crippen molar-refractivity contribution >= 4 is 129 Å². The number of H-pyrrole nitrogens is 1. The van der Waals surface area contributed by atoms with Gasteiger partial charge in [0, 0.05) is 92.1 Å². The van der Waals surface area contributed by atoms with Crippen LogP contribution in [0.1, 0.15) is 143 Å². The molecule has 0 spiro atoms. The Morgan fingerprint density at radius 2 is 1.09 bits per heavy atom. The number of ether oxygens (including phenoxy) is 7. The Morgan fingerprint density at radius 1 is 0.578 bits per heavy atom. The standard InChI is InChI=1S/C83H122N22O21S2/c1-120-61-34-44(35-62(121-2)71(61)122-3)68-47-36-59-60(125-43-124-59)37-48(47)70(49-41-123-81(119)69(49)68)126-67(109)40-97-64(106)23-31-105-66(108)38-63(80(105)118)128-42-50(87)73(111)93-30-22-65(107)98-53(20-13-28-94-82(89)90)74(112)101-56(21-14-29-95-83(91)92)76(114)103-57(24-32-127-4)78(116)100-55(19-9-12-27-86)77(115)104-58(33-45-39-96-51-16-6-5-15-46(45)51)79(117)102-54(18-8-11-26-85)75(113)99-52(72(88)110)17-7-10-25-84/h5-6,15-16,34-37,39,49-50,52-58,63,68-70,96H,7-14,17-33,38,40-43,84-87H2,1-4H3,(H2,88,110)(H,93,111)(H,97,106)(H,98,107)(H,99,113)(H,100,116)(H,101,112)(H,102,117)(H,103,114)(H,104,115)(H4,89,90,94)(H4,91,92,95)/t49?,50-,52-,53-,54-,55-,56-,57-,58-,63?,68+,69?,70-/m0/s1. The number of cyclic esters (lactones) is 1. The summed E-state index contributed by atoms with van der Waals surface area (Å²) in [6.07, 6.45) is 4.10. The lowest BCUT2D eigenvalue weighted by Crippen LogP contribution is -2.60. The number of hydrogen-bond donors (Lipinski definition) is 21. The summed E-state index contributed by atoms with van der Waals surface area (Å²) in [4.78, 5) is 199. The van der Waals surface area contributed by atoms with Crippen LogP contribution in [0.15, 0.2) is 54.7 Å². The average Bonchev–Trinajstić information content (AvgIpc) is 1.46. The predicted molar refractivity (Wildman–Crippen MR) is 473 cm³/mol. The number of esters is 2. The number of aromatic nitrogens is 1. The molecule has 3 unspecified atom stereocenters. The molecule has 0 saturated carbocycles. The van der Waals surface area contributed by atoms with Gasteiger partial charge in [-0.05, 0) is 169 Å². The van der Waals surface area contributed by atoms with E-state index < -0.39 is 180 Å². The highest BCUT2D eigenvalue weighted by Crippen LogP contribution is 2.57. The summed E-state index contributed by atoms with van der Waals surface area (Å²) in [5.41, 5.74) is 43.5. The molecule has 28 N–H and O–H groups in total. The van der Waals surface area contributed by atoms with Crippen molar-refractivity contribution in [3.8, 4) is 28.7 Å². The highest BCUT2D eigenvalue weighted by atomic mass is 32.2. The quantitative estimate of drug-likeness (QED) is 0.00710. The van der Waals surface area contributed by atoms with E-state index in [4.69, 9.17) is 84.1 Å². The predicted octanol–water partition coefficient (Wildman–Crippen LogP) is -2.57. The summed E-state index contributed by atoms with van der Waals surface area (Å²) in [7, 11) is 4.38. The van der Waals surface area contributed by atoms with Crippen LogP contribution in [0.25, 0.3) is 10.9 Å². The second-order valence-electron chi connectivity index (χ2n) is 31.1. The van der Waals surface area contributed by atoms with Gasteiger partial charge in [0.1, 0.15) is 54.9 Å². The van der Waals surface area contributed by atoms with Gasteiger partial charge in [0.25, 0.3) is 0 Å². The maximum atomic E-state index is 14.9. The maximum Gasteiger partial charge on any atom is 0.326 e. The van der Waals surface area contributed by atoms with E-state index >= 15 is 0 Å². The van der Waals surface area contributed by atoms with E-state index in [1.54, 1.807) is 42.8 Å². The number of thioether (sulfide) groups is 2. The van der Waals surface area contributed by atoms with Crippen LogP contribution < -0.4 is 122 Å². The van der Waals surface area contributed by atoms with E-state index in [1.165, 1.54) is 33.1 Å². The molecule has 1 aromatic heterocycles. The van der Waals surface area contributed by atoms with E-state index in [0.717, 1.165) is 27.6 Å². The normalized spacial score (nSPS) is 17.8. The van der Waals surface area contributed by atoms with Gasteiger partial charge in [0.2, 0.25) is 83.4 Å². The molecule has 3 aliphatic heterocycles. The largest absolute Gasteiger partial charge is 0.493 e. The number of para-hydroxylation sites is 1. The summed E-state index contributed by atoms with van der Waals surface area (Å²) in [5, 5.41) is 44.6. The van der Waals surface area contributed by atoms with Crippen molar-refractivity contribution in [3.63, 3.8) is 0 Å². The van der Waals surface area contributed by atoms with Crippen molar-refractivity contribution in [1.29, 1.82) is 10.8 Å². The van der Waals surface area contributed by atoms with Crippen molar-refractivity contribution < 1.29 is 100 Å². The maximum absolute atomic E-state index is 14.9. The Bertz CT molecular complexity index is 4560. The number of methoxy groups -OCH3 is 3. The monoisotopic (exact) mass is 1830 g/mol. The molecule has 3 aromatic carbocycles. The molecule has 1 aliphatic carbocycles. The molecule has 4 aromatic rings. The van der Waals surface area contributed by atoms with Crippen LogP contribution in [-0.2, 0) is 83.0 Å². The molecular formula is C83H122N22O21S2. The summed E-state index contributed by atoms with van der Waals surface area (Å²) >= 11 is 2.26. The number of amides is 12. The minimum atomic E-state index is -1.44. The minimum absolute atomic E-state index is 0.00189. The van der Waals surface area contributed by atoms with Gasteiger partial charge in [-0.1, -0.05) is 18.2 Å². The topological polar surface area (TPSA) is 685 Å². The van der Waals surface area contributed by atoms with Gasteiger partial charge in [-0.3, -0.25) is 82.8 Å².